The Morgan fingerprint density at radius 3 is 2.25 bits per heavy atom. The van der Waals surface area contributed by atoms with E-state index in [2.05, 4.69) is 12.1 Å². The topological polar surface area (TPSA) is 26.3 Å². The summed E-state index contributed by atoms with van der Waals surface area (Å²) >= 11 is 0. The van der Waals surface area contributed by atoms with Crippen molar-refractivity contribution in [1.82, 2.24) is 0 Å². The summed E-state index contributed by atoms with van der Waals surface area (Å²) in [7, 11) is 0. The average molecular weight is 274 g/mol. The highest BCUT2D eigenvalue weighted by molar-refractivity contribution is 5.79. The van der Waals surface area contributed by atoms with Crippen LogP contribution in [0.5, 0.6) is 0 Å². The van der Waals surface area contributed by atoms with Gasteiger partial charge < -0.3 is 4.74 Å². The number of benzene rings is 1. The van der Waals surface area contributed by atoms with Crippen LogP contribution in [0.4, 0.5) is 0 Å². The largest absolute Gasteiger partial charge is 0.459 e. The van der Waals surface area contributed by atoms with E-state index in [9.17, 15) is 4.79 Å². The van der Waals surface area contributed by atoms with Crippen LogP contribution in [0.3, 0.4) is 0 Å². The van der Waals surface area contributed by atoms with E-state index in [1.807, 2.05) is 39.0 Å². The van der Waals surface area contributed by atoms with Gasteiger partial charge in [-0.25, -0.2) is 0 Å². The first-order valence-electron chi connectivity index (χ1n) is 7.75. The molecule has 0 unspecified atom stereocenters. The van der Waals surface area contributed by atoms with Crippen molar-refractivity contribution in [3.8, 4) is 0 Å². The molecule has 1 saturated carbocycles. The lowest BCUT2D eigenvalue weighted by atomic mass is 9.77. The number of hydrogen-bond donors (Lipinski definition) is 0. The van der Waals surface area contributed by atoms with Crippen LogP contribution in [0.1, 0.15) is 64.4 Å². The highest BCUT2D eigenvalue weighted by Crippen LogP contribution is 2.37. The zero-order valence-electron chi connectivity index (χ0n) is 12.9. The molecule has 1 aliphatic carbocycles. The molecular weight excluding hydrogens is 248 g/mol. The maximum atomic E-state index is 12.6. The molecule has 0 aliphatic heterocycles. The number of ether oxygens (including phenoxy) is 1. The van der Waals surface area contributed by atoms with Gasteiger partial charge in [0.25, 0.3) is 0 Å². The molecule has 0 bridgehead atoms. The minimum atomic E-state index is -0.418. The van der Waals surface area contributed by atoms with Crippen LogP contribution in [-0.2, 0) is 9.53 Å². The van der Waals surface area contributed by atoms with Crippen molar-refractivity contribution < 1.29 is 9.53 Å². The number of carbonyl (C=O) groups is 1. The number of carbonyl (C=O) groups excluding carboxylic acids is 1. The fourth-order valence-electron chi connectivity index (χ4n) is 3.09. The zero-order valence-corrected chi connectivity index (χ0v) is 12.9. The average Bonchev–Trinajstić information content (AvgIpc) is 2.39. The standard InChI is InChI=1S/C18H26O2/c1-18(2,3)20-17(19)16(14-10-6-4-7-11-14)15-12-8-5-9-13-15/h4,6-7,10-11,15-16H,5,8-9,12-13H2,1-3H3/t16-/m0/s1. The highest BCUT2D eigenvalue weighted by Gasteiger charge is 2.34. The van der Waals surface area contributed by atoms with Crippen molar-refractivity contribution in [3.63, 3.8) is 0 Å². The van der Waals surface area contributed by atoms with Crippen LogP contribution >= 0.6 is 0 Å². The Labute approximate surface area is 122 Å². The summed E-state index contributed by atoms with van der Waals surface area (Å²) in [6, 6.07) is 10.1. The van der Waals surface area contributed by atoms with Crippen molar-refractivity contribution in [3.05, 3.63) is 35.9 Å². The molecule has 1 aliphatic rings. The molecule has 110 valence electrons. The van der Waals surface area contributed by atoms with E-state index in [1.165, 1.54) is 19.3 Å². The Hall–Kier alpha value is -1.31. The van der Waals surface area contributed by atoms with Gasteiger partial charge in [-0.15, -0.1) is 0 Å². The number of hydrogen-bond acceptors (Lipinski definition) is 2. The Morgan fingerprint density at radius 1 is 1.10 bits per heavy atom. The van der Waals surface area contributed by atoms with E-state index in [0.717, 1.165) is 18.4 Å². The monoisotopic (exact) mass is 274 g/mol. The van der Waals surface area contributed by atoms with Crippen LogP contribution in [0, 0.1) is 5.92 Å². The summed E-state index contributed by atoms with van der Waals surface area (Å²) in [6.45, 7) is 5.81. The lowest BCUT2D eigenvalue weighted by Gasteiger charge is -2.31. The van der Waals surface area contributed by atoms with Crippen molar-refractivity contribution in [2.24, 2.45) is 5.92 Å². The second-order valence-electron chi connectivity index (χ2n) is 6.82. The molecule has 0 amide bonds. The van der Waals surface area contributed by atoms with Gasteiger partial charge in [-0.05, 0) is 45.1 Å². The molecule has 2 heteroatoms. The SMILES string of the molecule is CC(C)(C)OC(=O)[C@@H](c1ccccc1)C1CCCCC1. The molecule has 1 atom stereocenters. The van der Waals surface area contributed by atoms with Crippen molar-refractivity contribution in [2.75, 3.05) is 0 Å². The molecule has 20 heavy (non-hydrogen) atoms. The normalized spacial score (nSPS) is 18.6. The van der Waals surface area contributed by atoms with Gasteiger partial charge in [-0.3, -0.25) is 4.79 Å². The minimum Gasteiger partial charge on any atom is -0.459 e. The first-order valence-corrected chi connectivity index (χ1v) is 7.75. The first-order chi connectivity index (χ1) is 9.47. The zero-order chi connectivity index (χ0) is 14.6. The second-order valence-corrected chi connectivity index (χ2v) is 6.82. The van der Waals surface area contributed by atoms with Crippen LogP contribution in [0.2, 0.25) is 0 Å². The molecule has 0 N–H and O–H groups in total. The van der Waals surface area contributed by atoms with Crippen molar-refractivity contribution in [1.29, 1.82) is 0 Å². The maximum Gasteiger partial charge on any atom is 0.314 e. The molecule has 0 heterocycles. The van der Waals surface area contributed by atoms with E-state index in [4.69, 9.17) is 4.74 Å². The van der Waals surface area contributed by atoms with Gasteiger partial charge in [0.2, 0.25) is 0 Å². The van der Waals surface area contributed by atoms with Crippen LogP contribution in [0.25, 0.3) is 0 Å². The van der Waals surface area contributed by atoms with Crippen LogP contribution in [-0.4, -0.2) is 11.6 Å². The summed E-state index contributed by atoms with van der Waals surface area (Å²) in [5.41, 5.74) is 0.687. The lowest BCUT2D eigenvalue weighted by Crippen LogP contribution is -2.32. The second kappa shape index (κ2) is 6.43. The van der Waals surface area contributed by atoms with Gasteiger partial charge in [-0.1, -0.05) is 49.6 Å². The van der Waals surface area contributed by atoms with Crippen LogP contribution < -0.4 is 0 Å². The molecule has 2 nitrogen and oxygen atoms in total. The van der Waals surface area contributed by atoms with E-state index in [1.54, 1.807) is 0 Å². The third-order valence-corrected chi connectivity index (χ3v) is 3.94. The summed E-state index contributed by atoms with van der Waals surface area (Å²) in [5, 5.41) is 0. The number of rotatable bonds is 3. The number of esters is 1. The fourth-order valence-corrected chi connectivity index (χ4v) is 3.09. The fraction of sp³-hybridized carbons (Fsp3) is 0.611. The molecule has 0 saturated heterocycles. The molecule has 2 rings (SSSR count). The first kappa shape index (κ1) is 15.1. The lowest BCUT2D eigenvalue weighted by molar-refractivity contribution is -0.158. The van der Waals surface area contributed by atoms with Crippen LogP contribution in [0.15, 0.2) is 30.3 Å². The highest BCUT2D eigenvalue weighted by atomic mass is 16.6. The molecule has 1 aromatic rings. The smallest absolute Gasteiger partial charge is 0.314 e. The summed E-state index contributed by atoms with van der Waals surface area (Å²) in [4.78, 5) is 12.6. The third-order valence-electron chi connectivity index (χ3n) is 3.94. The molecule has 0 spiro atoms. The maximum absolute atomic E-state index is 12.6. The van der Waals surface area contributed by atoms with E-state index in [-0.39, 0.29) is 11.9 Å². The van der Waals surface area contributed by atoms with Gasteiger partial charge in [0.05, 0.1) is 5.92 Å². The van der Waals surface area contributed by atoms with Crippen molar-refractivity contribution in [2.45, 2.75) is 64.4 Å². The molecule has 1 fully saturated rings. The van der Waals surface area contributed by atoms with Gasteiger partial charge in [0.1, 0.15) is 5.60 Å². The summed E-state index contributed by atoms with van der Waals surface area (Å²) in [6.07, 6.45) is 6.04. The Bertz CT molecular complexity index is 424. The molecule has 1 aromatic carbocycles. The van der Waals surface area contributed by atoms with Gasteiger partial charge >= 0.3 is 5.97 Å². The molecule has 0 radical (unpaired) electrons. The quantitative estimate of drug-likeness (QED) is 0.747. The predicted molar refractivity (Wildman–Crippen MR) is 81.6 cm³/mol. The van der Waals surface area contributed by atoms with Crippen molar-refractivity contribution >= 4 is 5.97 Å². The Balaban J connectivity index is 2.22. The van der Waals surface area contributed by atoms with E-state index >= 15 is 0 Å². The summed E-state index contributed by atoms with van der Waals surface area (Å²) < 4.78 is 5.67. The third kappa shape index (κ3) is 4.09. The predicted octanol–water partition coefficient (Wildman–Crippen LogP) is 4.69. The Morgan fingerprint density at radius 2 is 1.70 bits per heavy atom. The van der Waals surface area contributed by atoms with Gasteiger partial charge in [0, 0.05) is 0 Å². The summed E-state index contributed by atoms with van der Waals surface area (Å²) in [5.74, 6) is 0.271. The Kier molecular flexibility index (Phi) is 4.85. The molecular formula is C18H26O2. The van der Waals surface area contributed by atoms with Gasteiger partial charge in [-0.2, -0.15) is 0 Å². The molecule has 0 aromatic heterocycles. The minimum absolute atomic E-state index is 0.0596. The van der Waals surface area contributed by atoms with Gasteiger partial charge in [0.15, 0.2) is 0 Å². The van der Waals surface area contributed by atoms with E-state index in [0.29, 0.717) is 5.92 Å². The van der Waals surface area contributed by atoms with E-state index < -0.39 is 5.60 Å².